The van der Waals surface area contributed by atoms with E-state index in [9.17, 15) is 0 Å². The van der Waals surface area contributed by atoms with Gasteiger partial charge in [-0.05, 0) is 62.8 Å². The molecule has 192 valence electrons. The van der Waals surface area contributed by atoms with E-state index < -0.39 is 0 Å². The van der Waals surface area contributed by atoms with Crippen molar-refractivity contribution in [2.75, 3.05) is 0 Å². The molecule has 2 heterocycles. The molecular formula is C34H38BrNO. The minimum absolute atomic E-state index is 0.0889. The van der Waals surface area contributed by atoms with Crippen molar-refractivity contribution in [1.82, 2.24) is 4.57 Å². The van der Waals surface area contributed by atoms with Crippen molar-refractivity contribution < 1.29 is 4.74 Å². The molecule has 2 aliphatic rings. The first-order chi connectivity index (χ1) is 18.0. The van der Waals surface area contributed by atoms with E-state index in [0.717, 1.165) is 39.1 Å². The maximum atomic E-state index is 6.45. The largest absolute Gasteiger partial charge is 0.485 e. The fourth-order valence-corrected chi connectivity index (χ4v) is 5.15. The number of hydrogen-bond acceptors (Lipinski definition) is 1. The van der Waals surface area contributed by atoms with Crippen LogP contribution in [0.25, 0.3) is 28.7 Å². The van der Waals surface area contributed by atoms with Gasteiger partial charge in [0.2, 0.25) is 0 Å². The number of aromatic nitrogens is 1. The van der Waals surface area contributed by atoms with Crippen LogP contribution in [-0.2, 0) is 4.74 Å². The number of hydrogen-bond donors (Lipinski definition) is 0. The SMILES string of the molecule is C=CC.C=Cc1c(/C=C2\CC=CC3=C2OC(/C=C\C)C3C)n(-c2ccccc2)c2ccc(Br)cc12.CC. The molecule has 0 amide bonds. The van der Waals surface area contributed by atoms with Crippen LogP contribution in [-0.4, -0.2) is 10.7 Å². The highest BCUT2D eigenvalue weighted by molar-refractivity contribution is 9.10. The second-order valence-electron chi connectivity index (χ2n) is 8.70. The van der Waals surface area contributed by atoms with Gasteiger partial charge in [-0.3, -0.25) is 0 Å². The zero-order valence-electron chi connectivity index (χ0n) is 22.7. The molecule has 0 fully saturated rings. The molecule has 3 heteroatoms. The molecule has 0 saturated carbocycles. The molecule has 1 aliphatic carbocycles. The highest BCUT2D eigenvalue weighted by atomic mass is 79.9. The second-order valence-corrected chi connectivity index (χ2v) is 9.62. The summed E-state index contributed by atoms with van der Waals surface area (Å²) < 4.78 is 9.83. The van der Waals surface area contributed by atoms with Gasteiger partial charge in [-0.2, -0.15) is 0 Å². The Balaban J connectivity index is 0.000000711. The smallest absolute Gasteiger partial charge is 0.127 e. The van der Waals surface area contributed by atoms with Gasteiger partial charge < -0.3 is 9.30 Å². The van der Waals surface area contributed by atoms with E-state index in [4.69, 9.17) is 4.74 Å². The summed E-state index contributed by atoms with van der Waals surface area (Å²) in [5.41, 5.74) is 7.05. The molecule has 1 aromatic heterocycles. The molecule has 37 heavy (non-hydrogen) atoms. The van der Waals surface area contributed by atoms with Crippen molar-refractivity contribution in [3.63, 3.8) is 0 Å². The second kappa shape index (κ2) is 13.3. The third kappa shape index (κ3) is 5.83. The Morgan fingerprint density at radius 1 is 1.05 bits per heavy atom. The van der Waals surface area contributed by atoms with Crippen LogP contribution < -0.4 is 0 Å². The summed E-state index contributed by atoms with van der Waals surface area (Å²) in [4.78, 5) is 0. The molecule has 5 rings (SSSR count). The Kier molecular flexibility index (Phi) is 10.2. The first-order valence-corrected chi connectivity index (χ1v) is 13.8. The van der Waals surface area contributed by atoms with Gasteiger partial charge >= 0.3 is 0 Å². The van der Waals surface area contributed by atoms with Crippen molar-refractivity contribution in [1.29, 1.82) is 0 Å². The molecule has 2 nitrogen and oxygen atoms in total. The third-order valence-corrected chi connectivity index (χ3v) is 6.84. The van der Waals surface area contributed by atoms with Gasteiger partial charge in [-0.15, -0.1) is 6.58 Å². The highest BCUT2D eigenvalue weighted by Gasteiger charge is 2.33. The van der Waals surface area contributed by atoms with Crippen molar-refractivity contribution >= 4 is 39.0 Å². The topological polar surface area (TPSA) is 14.2 Å². The predicted molar refractivity (Wildman–Crippen MR) is 166 cm³/mol. The van der Waals surface area contributed by atoms with E-state index in [1.165, 1.54) is 16.5 Å². The predicted octanol–water partition coefficient (Wildman–Crippen LogP) is 10.5. The zero-order chi connectivity index (χ0) is 26.9. The summed E-state index contributed by atoms with van der Waals surface area (Å²) in [5, 5.41) is 1.18. The summed E-state index contributed by atoms with van der Waals surface area (Å²) in [5.74, 6) is 1.38. The monoisotopic (exact) mass is 555 g/mol. The Labute approximate surface area is 231 Å². The molecule has 2 aromatic carbocycles. The summed E-state index contributed by atoms with van der Waals surface area (Å²) in [6.07, 6.45) is 15.7. The maximum Gasteiger partial charge on any atom is 0.127 e. The number of para-hydroxylation sites is 1. The first kappa shape index (κ1) is 28.3. The van der Waals surface area contributed by atoms with E-state index in [-0.39, 0.29) is 6.10 Å². The fourth-order valence-electron chi connectivity index (χ4n) is 4.79. The number of fused-ring (bicyclic) bond motifs is 1. The summed E-state index contributed by atoms with van der Waals surface area (Å²) in [6.45, 7) is 17.7. The van der Waals surface area contributed by atoms with Crippen LogP contribution in [0.15, 0.2) is 113 Å². The third-order valence-electron chi connectivity index (χ3n) is 6.34. The molecular weight excluding hydrogens is 518 g/mol. The molecule has 2 atom stereocenters. The van der Waals surface area contributed by atoms with Gasteiger partial charge in [0.15, 0.2) is 0 Å². The summed E-state index contributed by atoms with van der Waals surface area (Å²) in [7, 11) is 0. The van der Waals surface area contributed by atoms with E-state index in [2.05, 4.69) is 119 Å². The van der Waals surface area contributed by atoms with Crippen LogP contribution in [0.4, 0.5) is 0 Å². The molecule has 0 bridgehead atoms. The van der Waals surface area contributed by atoms with Crippen molar-refractivity contribution in [2.24, 2.45) is 5.92 Å². The van der Waals surface area contributed by atoms with Crippen molar-refractivity contribution in [2.45, 2.75) is 47.1 Å². The summed E-state index contributed by atoms with van der Waals surface area (Å²) in [6, 6.07) is 17.0. The standard InChI is InChI=1S/C29H26BrNO.C3H6.C2H6/c1-4-10-28-19(3)24-14-9-11-20(29(24)32-28)17-27-23(5-2)25-18-21(30)15-16-26(25)31(27)22-12-7-6-8-13-22;1-3-2;1-2/h4-10,12-19,28H,2,11H2,1,3H3;3H,1H2,2H3;1-2H3/b10-4-,20-17+;;. The molecule has 1 aliphatic heterocycles. The lowest BCUT2D eigenvalue weighted by Crippen LogP contribution is -2.11. The van der Waals surface area contributed by atoms with Gasteiger partial charge in [0, 0.05) is 38.2 Å². The number of halogens is 1. The maximum absolute atomic E-state index is 6.45. The Morgan fingerprint density at radius 2 is 1.76 bits per heavy atom. The average molecular weight is 557 g/mol. The lowest BCUT2D eigenvalue weighted by atomic mass is 9.90. The first-order valence-electron chi connectivity index (χ1n) is 13.0. The minimum Gasteiger partial charge on any atom is -0.485 e. The van der Waals surface area contributed by atoms with Gasteiger partial charge in [0.1, 0.15) is 11.9 Å². The lowest BCUT2D eigenvalue weighted by molar-refractivity contribution is 0.163. The van der Waals surface area contributed by atoms with E-state index >= 15 is 0 Å². The minimum atomic E-state index is 0.0889. The highest BCUT2D eigenvalue weighted by Crippen LogP contribution is 2.42. The number of nitrogens with zero attached hydrogens (tertiary/aromatic N) is 1. The number of rotatable bonds is 4. The molecule has 0 N–H and O–H groups in total. The number of ether oxygens (including phenoxy) is 1. The normalized spacial score (nSPS) is 19.1. The average Bonchev–Trinajstić information content (AvgIpc) is 3.40. The molecule has 0 spiro atoms. The Hall–Kier alpha value is -3.30. The van der Waals surface area contributed by atoms with Crippen molar-refractivity contribution in [3.8, 4) is 5.69 Å². The van der Waals surface area contributed by atoms with Crippen LogP contribution in [0.3, 0.4) is 0 Å². The van der Waals surface area contributed by atoms with Crippen LogP contribution in [0.2, 0.25) is 0 Å². The van der Waals surface area contributed by atoms with Gasteiger partial charge in [0.05, 0.1) is 11.2 Å². The Bertz CT molecular complexity index is 1370. The van der Waals surface area contributed by atoms with E-state index in [0.29, 0.717) is 5.92 Å². The molecule has 0 radical (unpaired) electrons. The lowest BCUT2D eigenvalue weighted by Gasteiger charge is -2.15. The van der Waals surface area contributed by atoms with E-state index in [1.807, 2.05) is 33.8 Å². The number of allylic oxidation sites excluding steroid dienone is 5. The van der Waals surface area contributed by atoms with Crippen LogP contribution in [0, 0.1) is 5.92 Å². The molecule has 3 aromatic rings. The zero-order valence-corrected chi connectivity index (χ0v) is 24.3. The van der Waals surface area contributed by atoms with Gasteiger partial charge in [-0.1, -0.05) is 91.9 Å². The van der Waals surface area contributed by atoms with Crippen LogP contribution >= 0.6 is 15.9 Å². The molecule has 2 unspecified atom stereocenters. The van der Waals surface area contributed by atoms with Crippen molar-refractivity contribution in [3.05, 3.63) is 125 Å². The van der Waals surface area contributed by atoms with Gasteiger partial charge in [-0.25, -0.2) is 0 Å². The Morgan fingerprint density at radius 3 is 2.41 bits per heavy atom. The van der Waals surface area contributed by atoms with Gasteiger partial charge in [0.25, 0.3) is 0 Å². The van der Waals surface area contributed by atoms with E-state index in [1.54, 1.807) is 6.08 Å². The fraction of sp³-hybridized carbons (Fsp3) is 0.235. The number of benzene rings is 2. The molecule has 0 saturated heterocycles. The quantitative estimate of drug-likeness (QED) is 0.292. The van der Waals surface area contributed by atoms with Crippen LogP contribution in [0.5, 0.6) is 0 Å². The van der Waals surface area contributed by atoms with Crippen LogP contribution in [0.1, 0.15) is 52.3 Å². The summed E-state index contributed by atoms with van der Waals surface area (Å²) >= 11 is 3.65.